The van der Waals surface area contributed by atoms with Gasteiger partial charge < -0.3 is 19.4 Å². The Hall–Kier alpha value is -3.61. The first-order valence-corrected chi connectivity index (χ1v) is 9.36. The molecule has 0 aliphatic heterocycles. The molecule has 150 valence electrons. The summed E-state index contributed by atoms with van der Waals surface area (Å²) in [4.78, 5) is 37.7. The Morgan fingerprint density at radius 3 is 2.55 bits per heavy atom. The smallest absolute Gasteiger partial charge is 0.336 e. The fourth-order valence-corrected chi connectivity index (χ4v) is 2.90. The van der Waals surface area contributed by atoms with Gasteiger partial charge in [-0.3, -0.25) is 9.59 Å². The number of nitrogens with zero attached hydrogens (tertiary/aromatic N) is 1. The van der Waals surface area contributed by atoms with Gasteiger partial charge >= 0.3 is 5.63 Å². The van der Waals surface area contributed by atoms with Gasteiger partial charge in [0.2, 0.25) is 0 Å². The van der Waals surface area contributed by atoms with Crippen molar-refractivity contribution >= 4 is 28.5 Å². The number of nitrogens with one attached hydrogen (secondary N) is 1. The van der Waals surface area contributed by atoms with E-state index in [1.807, 2.05) is 13.8 Å². The van der Waals surface area contributed by atoms with Crippen LogP contribution in [0, 0.1) is 0 Å². The van der Waals surface area contributed by atoms with E-state index in [9.17, 15) is 14.4 Å². The number of carbonyl (C=O) groups excluding carboxylic acids is 2. The molecule has 2 aromatic carbocycles. The molecule has 0 bridgehead atoms. The van der Waals surface area contributed by atoms with Crippen LogP contribution in [-0.2, 0) is 4.79 Å². The predicted molar refractivity (Wildman–Crippen MR) is 110 cm³/mol. The van der Waals surface area contributed by atoms with Crippen molar-refractivity contribution in [1.82, 2.24) is 4.90 Å². The molecule has 0 radical (unpaired) electrons. The standard InChI is InChI=1S/C22H22N2O5/c1-3-24(4-2)22(27)16-6-5-7-17(12-16)23-20(25)14-28-18-10-8-15-9-11-21(26)29-19(15)13-18/h5-13H,3-4,14H2,1-2H3,(H,23,25). The van der Waals surface area contributed by atoms with E-state index in [-0.39, 0.29) is 18.4 Å². The van der Waals surface area contributed by atoms with Gasteiger partial charge in [0.15, 0.2) is 6.61 Å². The minimum Gasteiger partial charge on any atom is -0.484 e. The maximum Gasteiger partial charge on any atom is 0.336 e. The summed E-state index contributed by atoms with van der Waals surface area (Å²) in [6.07, 6.45) is 0. The molecule has 29 heavy (non-hydrogen) atoms. The number of hydrogen-bond donors (Lipinski definition) is 1. The fourth-order valence-electron chi connectivity index (χ4n) is 2.90. The second-order valence-electron chi connectivity index (χ2n) is 6.35. The average molecular weight is 394 g/mol. The molecule has 0 aliphatic carbocycles. The van der Waals surface area contributed by atoms with E-state index in [0.29, 0.717) is 35.7 Å². The van der Waals surface area contributed by atoms with Crippen molar-refractivity contribution in [2.24, 2.45) is 0 Å². The molecule has 0 unspecified atom stereocenters. The van der Waals surface area contributed by atoms with Crippen LogP contribution in [0.1, 0.15) is 24.2 Å². The summed E-state index contributed by atoms with van der Waals surface area (Å²) in [7, 11) is 0. The Labute approximate surface area is 167 Å². The number of ether oxygens (including phenoxy) is 1. The predicted octanol–water partition coefficient (Wildman–Crippen LogP) is 3.29. The largest absolute Gasteiger partial charge is 0.484 e. The van der Waals surface area contributed by atoms with Gasteiger partial charge in [-0.15, -0.1) is 0 Å². The zero-order chi connectivity index (χ0) is 20.8. The van der Waals surface area contributed by atoms with E-state index in [1.165, 1.54) is 6.07 Å². The third kappa shape index (κ3) is 5.01. The third-order valence-electron chi connectivity index (χ3n) is 4.41. The van der Waals surface area contributed by atoms with Gasteiger partial charge in [0.05, 0.1) is 0 Å². The van der Waals surface area contributed by atoms with Gasteiger partial charge in [-0.2, -0.15) is 0 Å². The number of carbonyl (C=O) groups is 2. The van der Waals surface area contributed by atoms with E-state index >= 15 is 0 Å². The molecule has 7 nitrogen and oxygen atoms in total. The summed E-state index contributed by atoms with van der Waals surface area (Å²) in [5, 5.41) is 3.48. The molecule has 0 spiro atoms. The molecular formula is C22H22N2O5. The van der Waals surface area contributed by atoms with Crippen molar-refractivity contribution in [2.75, 3.05) is 25.0 Å². The van der Waals surface area contributed by atoms with Crippen molar-refractivity contribution in [1.29, 1.82) is 0 Å². The summed E-state index contributed by atoms with van der Waals surface area (Å²) >= 11 is 0. The molecule has 3 rings (SSSR count). The first-order chi connectivity index (χ1) is 14.0. The van der Waals surface area contributed by atoms with Gasteiger partial charge in [0, 0.05) is 41.9 Å². The lowest BCUT2D eigenvalue weighted by Gasteiger charge is -2.19. The molecule has 0 saturated carbocycles. The van der Waals surface area contributed by atoms with Crippen LogP contribution in [0.25, 0.3) is 11.0 Å². The maximum atomic E-state index is 12.4. The van der Waals surface area contributed by atoms with Gasteiger partial charge in [-0.25, -0.2) is 4.79 Å². The van der Waals surface area contributed by atoms with Crippen LogP contribution in [0.4, 0.5) is 5.69 Å². The van der Waals surface area contributed by atoms with Crippen molar-refractivity contribution in [2.45, 2.75) is 13.8 Å². The van der Waals surface area contributed by atoms with E-state index in [1.54, 1.807) is 53.4 Å². The molecule has 1 heterocycles. The van der Waals surface area contributed by atoms with Crippen LogP contribution in [0.3, 0.4) is 0 Å². The normalized spacial score (nSPS) is 10.6. The molecule has 3 aromatic rings. The summed E-state index contributed by atoms with van der Waals surface area (Å²) < 4.78 is 10.6. The molecule has 0 fully saturated rings. The Balaban J connectivity index is 1.63. The van der Waals surface area contributed by atoms with Gasteiger partial charge in [0.1, 0.15) is 11.3 Å². The Morgan fingerprint density at radius 2 is 1.79 bits per heavy atom. The molecule has 7 heteroatoms. The van der Waals surface area contributed by atoms with Crippen molar-refractivity contribution < 1.29 is 18.7 Å². The number of anilines is 1. The summed E-state index contributed by atoms with van der Waals surface area (Å²) in [6, 6.07) is 14.8. The van der Waals surface area contributed by atoms with Crippen LogP contribution in [0.5, 0.6) is 5.75 Å². The van der Waals surface area contributed by atoms with Crippen molar-refractivity contribution in [3.05, 3.63) is 70.6 Å². The van der Waals surface area contributed by atoms with E-state index < -0.39 is 5.63 Å². The summed E-state index contributed by atoms with van der Waals surface area (Å²) in [5.41, 5.74) is 0.961. The lowest BCUT2D eigenvalue weighted by molar-refractivity contribution is -0.118. The molecule has 0 atom stereocenters. The quantitative estimate of drug-likeness (QED) is 0.621. The second kappa shape index (κ2) is 9.05. The lowest BCUT2D eigenvalue weighted by atomic mass is 10.1. The Morgan fingerprint density at radius 1 is 1.03 bits per heavy atom. The zero-order valence-electron chi connectivity index (χ0n) is 16.3. The van der Waals surface area contributed by atoms with Crippen LogP contribution in [0.2, 0.25) is 0 Å². The lowest BCUT2D eigenvalue weighted by Crippen LogP contribution is -2.30. The second-order valence-corrected chi connectivity index (χ2v) is 6.35. The zero-order valence-corrected chi connectivity index (χ0v) is 16.3. The topological polar surface area (TPSA) is 88.9 Å². The summed E-state index contributed by atoms with van der Waals surface area (Å²) in [5.74, 6) is -0.0421. The Kier molecular flexibility index (Phi) is 6.29. The van der Waals surface area contributed by atoms with Gasteiger partial charge in [0.25, 0.3) is 11.8 Å². The average Bonchev–Trinajstić information content (AvgIpc) is 2.73. The van der Waals surface area contributed by atoms with Crippen LogP contribution in [0.15, 0.2) is 63.8 Å². The monoisotopic (exact) mass is 394 g/mol. The molecule has 0 aliphatic rings. The highest BCUT2D eigenvalue weighted by molar-refractivity contribution is 5.97. The third-order valence-corrected chi connectivity index (χ3v) is 4.41. The van der Waals surface area contributed by atoms with Crippen LogP contribution < -0.4 is 15.7 Å². The van der Waals surface area contributed by atoms with E-state index in [2.05, 4.69) is 5.32 Å². The molecule has 0 saturated heterocycles. The molecule has 1 aromatic heterocycles. The van der Waals surface area contributed by atoms with E-state index in [4.69, 9.17) is 9.15 Å². The van der Waals surface area contributed by atoms with Crippen molar-refractivity contribution in [3.8, 4) is 5.75 Å². The molecular weight excluding hydrogens is 372 g/mol. The van der Waals surface area contributed by atoms with Crippen molar-refractivity contribution in [3.63, 3.8) is 0 Å². The number of hydrogen-bond acceptors (Lipinski definition) is 5. The van der Waals surface area contributed by atoms with E-state index in [0.717, 1.165) is 5.39 Å². The van der Waals surface area contributed by atoms with Gasteiger partial charge in [-0.05, 0) is 50.2 Å². The van der Waals surface area contributed by atoms with Gasteiger partial charge in [-0.1, -0.05) is 6.07 Å². The minimum absolute atomic E-state index is 0.0833. The molecule has 2 amide bonds. The minimum atomic E-state index is -0.452. The first kappa shape index (κ1) is 20.1. The number of rotatable bonds is 7. The summed E-state index contributed by atoms with van der Waals surface area (Å²) in [6.45, 7) is 4.85. The molecule has 1 N–H and O–H groups in total. The van der Waals surface area contributed by atoms with Crippen LogP contribution in [-0.4, -0.2) is 36.4 Å². The highest BCUT2D eigenvalue weighted by Crippen LogP contribution is 2.19. The highest BCUT2D eigenvalue weighted by atomic mass is 16.5. The number of fused-ring (bicyclic) bond motifs is 1. The van der Waals surface area contributed by atoms with Crippen LogP contribution >= 0.6 is 0 Å². The fraction of sp³-hybridized carbons (Fsp3) is 0.227. The first-order valence-electron chi connectivity index (χ1n) is 9.36. The highest BCUT2D eigenvalue weighted by Gasteiger charge is 2.13. The maximum absolute atomic E-state index is 12.4. The number of benzene rings is 2. The Bertz CT molecular complexity index is 1090. The SMILES string of the molecule is CCN(CC)C(=O)c1cccc(NC(=O)COc2ccc3ccc(=O)oc3c2)c1. The number of amides is 2.